The molecule has 11 heteroatoms. The SMILES string of the molecule is CN(C)[C@@H]1COc2c([S@@](=N)(=O)NC(=O)Nc3c4c(c(F)c5c3CCC5)CCC4)cnn2C1. The van der Waals surface area contributed by atoms with Crippen molar-refractivity contribution in [3.63, 3.8) is 0 Å². The molecule has 0 bridgehead atoms. The maximum absolute atomic E-state index is 14.9. The Kier molecular flexibility index (Phi) is 5.12. The maximum Gasteiger partial charge on any atom is 0.331 e. The number of ether oxygens (including phenoxy) is 1. The van der Waals surface area contributed by atoms with Crippen LogP contribution in [0, 0.1) is 10.6 Å². The molecule has 2 aromatic rings. The average Bonchev–Trinajstić information content (AvgIpc) is 3.49. The molecule has 2 atom stereocenters. The van der Waals surface area contributed by atoms with Crippen LogP contribution in [0.25, 0.3) is 0 Å². The molecule has 3 aliphatic rings. The lowest BCUT2D eigenvalue weighted by atomic mass is 9.98. The largest absolute Gasteiger partial charge is 0.475 e. The molecule has 0 fully saturated rings. The fourth-order valence-electron chi connectivity index (χ4n) is 4.93. The third-order valence-electron chi connectivity index (χ3n) is 6.64. The lowest BCUT2D eigenvalue weighted by molar-refractivity contribution is 0.117. The number of carbonyl (C=O) groups is 1. The van der Waals surface area contributed by atoms with Crippen LogP contribution in [0.1, 0.15) is 35.1 Å². The summed E-state index contributed by atoms with van der Waals surface area (Å²) in [5, 5.41) is 7.00. The Morgan fingerprint density at radius 2 is 1.84 bits per heavy atom. The molecule has 1 aromatic carbocycles. The van der Waals surface area contributed by atoms with Gasteiger partial charge in [-0.05, 0) is 74.9 Å². The van der Waals surface area contributed by atoms with Gasteiger partial charge in [0.05, 0.1) is 18.8 Å². The number of fused-ring (bicyclic) bond motifs is 3. The normalized spacial score (nSPS) is 20.8. The molecule has 0 unspecified atom stereocenters. The van der Waals surface area contributed by atoms with Crippen LogP contribution in [0.3, 0.4) is 0 Å². The van der Waals surface area contributed by atoms with Gasteiger partial charge in [-0.3, -0.25) is 0 Å². The van der Waals surface area contributed by atoms with Crippen LogP contribution in [0.15, 0.2) is 11.1 Å². The van der Waals surface area contributed by atoms with E-state index in [-0.39, 0.29) is 22.6 Å². The molecule has 2 heterocycles. The zero-order chi connectivity index (χ0) is 22.6. The Morgan fingerprint density at radius 1 is 1.22 bits per heavy atom. The van der Waals surface area contributed by atoms with Crippen LogP contribution in [-0.2, 0) is 42.1 Å². The maximum atomic E-state index is 14.9. The summed E-state index contributed by atoms with van der Waals surface area (Å²) >= 11 is 0. The number of amides is 2. The highest BCUT2D eigenvalue weighted by atomic mass is 32.2. The predicted molar refractivity (Wildman–Crippen MR) is 117 cm³/mol. The van der Waals surface area contributed by atoms with Crippen LogP contribution in [0.5, 0.6) is 5.88 Å². The zero-order valence-electron chi connectivity index (χ0n) is 18.2. The number of anilines is 1. The minimum Gasteiger partial charge on any atom is -0.475 e. The van der Waals surface area contributed by atoms with Crippen molar-refractivity contribution in [3.05, 3.63) is 34.3 Å². The van der Waals surface area contributed by atoms with E-state index >= 15 is 0 Å². The summed E-state index contributed by atoms with van der Waals surface area (Å²) in [5.74, 6) is 0.118. The first-order chi connectivity index (χ1) is 15.3. The van der Waals surface area contributed by atoms with Crippen molar-refractivity contribution in [2.45, 2.75) is 56.0 Å². The second-order valence-corrected chi connectivity index (χ2v) is 10.6. The average molecular weight is 463 g/mol. The van der Waals surface area contributed by atoms with E-state index in [0.717, 1.165) is 24.0 Å². The van der Waals surface area contributed by atoms with Crippen LogP contribution in [-0.4, -0.2) is 51.7 Å². The van der Waals surface area contributed by atoms with E-state index in [1.54, 1.807) is 4.68 Å². The lowest BCUT2D eigenvalue weighted by Crippen LogP contribution is -2.41. The number of hydrogen-bond donors (Lipinski definition) is 3. The van der Waals surface area contributed by atoms with Crippen LogP contribution in [0.4, 0.5) is 14.9 Å². The molecule has 2 amide bonds. The van der Waals surface area contributed by atoms with Crippen molar-refractivity contribution in [3.8, 4) is 5.88 Å². The lowest BCUT2D eigenvalue weighted by Gasteiger charge is -2.29. The quantitative estimate of drug-likeness (QED) is 0.646. The van der Waals surface area contributed by atoms with Crippen molar-refractivity contribution < 1.29 is 18.1 Å². The third-order valence-corrected chi connectivity index (χ3v) is 8.01. The minimum atomic E-state index is -3.71. The van der Waals surface area contributed by atoms with Gasteiger partial charge in [0.15, 0.2) is 9.92 Å². The van der Waals surface area contributed by atoms with Gasteiger partial charge in [-0.1, -0.05) is 0 Å². The summed E-state index contributed by atoms with van der Waals surface area (Å²) in [6.45, 7) is 0.916. The van der Waals surface area contributed by atoms with Crippen molar-refractivity contribution in [1.82, 2.24) is 19.4 Å². The van der Waals surface area contributed by atoms with Crippen LogP contribution in [0.2, 0.25) is 0 Å². The molecule has 9 nitrogen and oxygen atoms in total. The summed E-state index contributed by atoms with van der Waals surface area (Å²) in [6.07, 6.45) is 5.72. The third kappa shape index (κ3) is 3.43. The Morgan fingerprint density at radius 3 is 2.47 bits per heavy atom. The van der Waals surface area contributed by atoms with E-state index in [0.29, 0.717) is 55.6 Å². The molecule has 0 radical (unpaired) electrons. The number of nitrogens with zero attached hydrogens (tertiary/aromatic N) is 3. The molecule has 172 valence electrons. The number of benzene rings is 1. The molecule has 2 aliphatic carbocycles. The summed E-state index contributed by atoms with van der Waals surface area (Å²) in [6, 6.07) is -0.641. The number of hydrogen-bond acceptors (Lipinski definition) is 6. The second-order valence-electron chi connectivity index (χ2n) is 8.85. The summed E-state index contributed by atoms with van der Waals surface area (Å²) in [5.41, 5.74) is 3.65. The van der Waals surface area contributed by atoms with Crippen molar-refractivity contribution in [2.24, 2.45) is 0 Å². The van der Waals surface area contributed by atoms with Gasteiger partial charge in [0, 0.05) is 5.69 Å². The number of likely N-dealkylation sites (N-methyl/N-ethyl adjacent to an activating group) is 1. The van der Waals surface area contributed by atoms with Crippen LogP contribution >= 0.6 is 0 Å². The van der Waals surface area contributed by atoms with Crippen molar-refractivity contribution >= 4 is 21.6 Å². The van der Waals surface area contributed by atoms with E-state index in [1.165, 1.54) is 6.20 Å². The molecule has 32 heavy (non-hydrogen) atoms. The monoisotopic (exact) mass is 462 g/mol. The van der Waals surface area contributed by atoms with Gasteiger partial charge in [0.1, 0.15) is 17.3 Å². The number of rotatable bonds is 4. The van der Waals surface area contributed by atoms with E-state index < -0.39 is 15.9 Å². The highest BCUT2D eigenvalue weighted by Crippen LogP contribution is 2.41. The van der Waals surface area contributed by atoms with E-state index in [2.05, 4.69) is 15.1 Å². The first-order valence-corrected chi connectivity index (χ1v) is 12.4. The molecule has 5 rings (SSSR count). The summed E-state index contributed by atoms with van der Waals surface area (Å²) < 4.78 is 46.0. The van der Waals surface area contributed by atoms with Gasteiger partial charge in [-0.15, -0.1) is 0 Å². The number of nitrogens with one attached hydrogen (secondary N) is 3. The van der Waals surface area contributed by atoms with E-state index in [9.17, 15) is 13.4 Å². The molecule has 1 aromatic heterocycles. The molecule has 0 saturated heterocycles. The summed E-state index contributed by atoms with van der Waals surface area (Å²) in [7, 11) is 0.163. The summed E-state index contributed by atoms with van der Waals surface area (Å²) in [4.78, 5) is 14.9. The molecular formula is C21H27FN6O3S. The number of halogens is 1. The number of urea groups is 1. The molecule has 3 N–H and O–H groups in total. The highest BCUT2D eigenvalue weighted by molar-refractivity contribution is 7.91. The van der Waals surface area contributed by atoms with Gasteiger partial charge in [0.2, 0.25) is 5.88 Å². The van der Waals surface area contributed by atoms with Gasteiger partial charge >= 0.3 is 6.03 Å². The topological polar surface area (TPSA) is 112 Å². The van der Waals surface area contributed by atoms with Gasteiger partial charge < -0.3 is 15.0 Å². The minimum absolute atomic E-state index is 0.0411. The first-order valence-electron chi connectivity index (χ1n) is 10.8. The Bertz CT molecular complexity index is 1170. The Balaban J connectivity index is 1.38. The molecular weight excluding hydrogens is 435 g/mol. The Hall–Kier alpha value is -2.66. The number of aromatic nitrogens is 2. The smallest absolute Gasteiger partial charge is 0.331 e. The fourth-order valence-corrected chi connectivity index (χ4v) is 5.96. The van der Waals surface area contributed by atoms with Crippen molar-refractivity contribution in [2.75, 3.05) is 26.0 Å². The number of carbonyl (C=O) groups excluding carboxylic acids is 1. The van der Waals surface area contributed by atoms with E-state index in [1.807, 2.05) is 19.0 Å². The molecule has 0 spiro atoms. The molecule has 0 saturated carbocycles. The second kappa shape index (κ2) is 7.73. The van der Waals surface area contributed by atoms with Gasteiger partial charge in [-0.25, -0.2) is 27.6 Å². The standard InChI is InChI=1S/C21H27FN6O3S/c1-27(2)12-10-28-20(31-11-12)17(9-24-28)32(23,30)26-21(29)25-19-15-7-3-5-13(15)18(22)14-6-4-8-16(14)19/h9,12H,3-8,10-11H2,1-2H3,(H3,23,25,26,29,30)/t12-,32-/m0/s1. The predicted octanol–water partition coefficient (Wildman–Crippen LogP) is 2.46. The van der Waals surface area contributed by atoms with Crippen LogP contribution < -0.4 is 14.8 Å². The Labute approximate surface area is 186 Å². The van der Waals surface area contributed by atoms with E-state index in [4.69, 9.17) is 9.52 Å². The highest BCUT2D eigenvalue weighted by Gasteiger charge is 2.32. The van der Waals surface area contributed by atoms with Gasteiger partial charge in [-0.2, -0.15) is 5.10 Å². The zero-order valence-corrected chi connectivity index (χ0v) is 19.0. The van der Waals surface area contributed by atoms with Crippen molar-refractivity contribution in [1.29, 1.82) is 4.78 Å². The first kappa shape index (κ1) is 21.2. The van der Waals surface area contributed by atoms with Gasteiger partial charge in [0.25, 0.3) is 0 Å². The fraction of sp³-hybridized carbons (Fsp3) is 0.524. The molecule has 1 aliphatic heterocycles.